The lowest BCUT2D eigenvalue weighted by Crippen LogP contribution is -2.61. The van der Waals surface area contributed by atoms with Crippen LogP contribution in [0.15, 0.2) is 18.2 Å². The number of nitriles is 1. The molecule has 25 heavy (non-hydrogen) atoms. The minimum absolute atomic E-state index is 0.0728. The van der Waals surface area contributed by atoms with Crippen molar-refractivity contribution in [3.8, 4) is 6.07 Å². The van der Waals surface area contributed by atoms with E-state index in [4.69, 9.17) is 10.00 Å². The number of piperidine rings is 1. The Labute approximate surface area is 148 Å². The normalized spacial score (nSPS) is 23.7. The van der Waals surface area contributed by atoms with Crippen molar-refractivity contribution in [1.82, 2.24) is 9.80 Å². The monoisotopic (exact) mass is 345 g/mol. The molecule has 0 saturated carbocycles. The van der Waals surface area contributed by atoms with Crippen LogP contribution < -0.4 is 0 Å². The number of ether oxygens (including phenoxy) is 1. The molecular weight excluding hydrogens is 321 g/mol. The zero-order valence-electron chi connectivity index (χ0n) is 14.8. The summed E-state index contributed by atoms with van der Waals surface area (Å²) in [6.45, 7) is 7.55. The summed E-state index contributed by atoms with van der Waals surface area (Å²) in [5.41, 5.74) is 0.696. The molecule has 5 nitrogen and oxygen atoms in total. The molecular formula is C19H24FN3O2. The number of likely N-dealkylation sites (tertiary alicyclic amines) is 1. The fourth-order valence-corrected chi connectivity index (χ4v) is 3.81. The van der Waals surface area contributed by atoms with E-state index >= 15 is 0 Å². The van der Waals surface area contributed by atoms with Gasteiger partial charge in [0.2, 0.25) is 0 Å². The van der Waals surface area contributed by atoms with Crippen LogP contribution in [0.25, 0.3) is 0 Å². The van der Waals surface area contributed by atoms with Gasteiger partial charge in [0.25, 0.3) is 5.91 Å². The zero-order valence-corrected chi connectivity index (χ0v) is 14.8. The molecule has 0 aliphatic carbocycles. The van der Waals surface area contributed by atoms with Crippen molar-refractivity contribution in [2.24, 2.45) is 0 Å². The molecule has 1 aromatic rings. The molecule has 2 aliphatic rings. The Morgan fingerprint density at radius 3 is 2.72 bits per heavy atom. The molecule has 134 valence electrons. The van der Waals surface area contributed by atoms with Gasteiger partial charge in [0.15, 0.2) is 0 Å². The van der Waals surface area contributed by atoms with Crippen LogP contribution in [0.4, 0.5) is 4.39 Å². The highest BCUT2D eigenvalue weighted by atomic mass is 19.1. The maximum absolute atomic E-state index is 13.8. The Kier molecular flexibility index (Phi) is 5.07. The number of nitrogens with zero attached hydrogens (tertiary/aromatic N) is 3. The van der Waals surface area contributed by atoms with Crippen molar-refractivity contribution in [3.63, 3.8) is 0 Å². The van der Waals surface area contributed by atoms with Crippen LogP contribution in [0.5, 0.6) is 0 Å². The molecule has 2 aliphatic heterocycles. The van der Waals surface area contributed by atoms with E-state index in [9.17, 15) is 9.18 Å². The summed E-state index contributed by atoms with van der Waals surface area (Å²) in [5, 5.41) is 8.81. The van der Waals surface area contributed by atoms with Crippen LogP contribution >= 0.6 is 0 Å². The second-order valence-electron chi connectivity index (χ2n) is 7.00. The molecule has 1 atom stereocenters. The van der Waals surface area contributed by atoms with Gasteiger partial charge < -0.3 is 9.64 Å². The summed E-state index contributed by atoms with van der Waals surface area (Å²) >= 11 is 0. The van der Waals surface area contributed by atoms with Gasteiger partial charge in [-0.3, -0.25) is 9.69 Å². The Bertz CT molecular complexity index is 692. The quantitative estimate of drug-likeness (QED) is 0.843. The first-order valence-corrected chi connectivity index (χ1v) is 8.84. The van der Waals surface area contributed by atoms with Crippen LogP contribution in [0, 0.1) is 17.1 Å². The summed E-state index contributed by atoms with van der Waals surface area (Å²) in [5.74, 6) is -0.390. The van der Waals surface area contributed by atoms with Crippen LogP contribution in [0.2, 0.25) is 0 Å². The van der Waals surface area contributed by atoms with Crippen LogP contribution in [-0.4, -0.2) is 53.6 Å². The standard InChI is InChI=1S/C19H24FN3O2/c1-3-23-13-19(25-14(2)18(23)24)6-8-22(9-7-19)12-15-4-5-16(11-21)17(20)10-15/h4-5,10,14H,3,6-9,12-13H2,1-2H3. The predicted molar refractivity (Wildman–Crippen MR) is 91.2 cm³/mol. The number of amides is 1. The highest BCUT2D eigenvalue weighted by Gasteiger charge is 2.44. The molecule has 1 spiro atoms. The van der Waals surface area contributed by atoms with E-state index in [2.05, 4.69) is 4.90 Å². The van der Waals surface area contributed by atoms with Crippen molar-refractivity contribution in [2.45, 2.75) is 44.9 Å². The molecule has 0 N–H and O–H groups in total. The van der Waals surface area contributed by atoms with Crippen molar-refractivity contribution in [3.05, 3.63) is 35.1 Å². The molecule has 6 heteroatoms. The third-order valence-electron chi connectivity index (χ3n) is 5.27. The van der Waals surface area contributed by atoms with E-state index in [0.717, 1.165) is 31.5 Å². The molecule has 1 amide bonds. The van der Waals surface area contributed by atoms with Crippen molar-refractivity contribution in [2.75, 3.05) is 26.2 Å². The number of likely N-dealkylation sites (N-methyl/N-ethyl adjacent to an activating group) is 1. The lowest BCUT2D eigenvalue weighted by molar-refractivity contribution is -0.189. The molecule has 3 rings (SSSR count). The smallest absolute Gasteiger partial charge is 0.251 e. The number of hydrogen-bond donors (Lipinski definition) is 0. The van der Waals surface area contributed by atoms with Gasteiger partial charge in [-0.15, -0.1) is 0 Å². The molecule has 1 unspecified atom stereocenters. The number of halogens is 1. The maximum atomic E-state index is 13.8. The number of hydrogen-bond acceptors (Lipinski definition) is 4. The Morgan fingerprint density at radius 1 is 1.40 bits per heavy atom. The van der Waals surface area contributed by atoms with Crippen molar-refractivity contribution in [1.29, 1.82) is 5.26 Å². The van der Waals surface area contributed by atoms with Gasteiger partial charge in [-0.25, -0.2) is 4.39 Å². The number of carbonyl (C=O) groups is 1. The van der Waals surface area contributed by atoms with Gasteiger partial charge in [0, 0.05) is 32.7 Å². The summed E-state index contributed by atoms with van der Waals surface area (Å²) in [4.78, 5) is 16.3. The number of benzene rings is 1. The van der Waals surface area contributed by atoms with Crippen LogP contribution in [0.1, 0.15) is 37.8 Å². The van der Waals surface area contributed by atoms with Gasteiger partial charge in [0.1, 0.15) is 18.0 Å². The number of rotatable bonds is 3. The Hall–Kier alpha value is -1.97. The molecule has 2 fully saturated rings. The van der Waals surface area contributed by atoms with E-state index in [0.29, 0.717) is 19.6 Å². The second kappa shape index (κ2) is 7.11. The fourth-order valence-electron chi connectivity index (χ4n) is 3.81. The van der Waals surface area contributed by atoms with Gasteiger partial charge in [-0.1, -0.05) is 6.07 Å². The number of carbonyl (C=O) groups excluding carboxylic acids is 1. The molecule has 0 radical (unpaired) electrons. The summed E-state index contributed by atoms with van der Waals surface area (Å²) in [6, 6.07) is 6.63. The van der Waals surface area contributed by atoms with E-state index < -0.39 is 5.82 Å². The van der Waals surface area contributed by atoms with E-state index in [1.807, 2.05) is 30.9 Å². The van der Waals surface area contributed by atoms with Gasteiger partial charge in [-0.05, 0) is 44.4 Å². The van der Waals surface area contributed by atoms with Gasteiger partial charge in [0.05, 0.1) is 11.2 Å². The van der Waals surface area contributed by atoms with E-state index in [1.165, 1.54) is 12.1 Å². The van der Waals surface area contributed by atoms with Crippen LogP contribution in [-0.2, 0) is 16.1 Å². The van der Waals surface area contributed by atoms with Crippen molar-refractivity contribution < 1.29 is 13.9 Å². The molecule has 0 bridgehead atoms. The van der Waals surface area contributed by atoms with Gasteiger partial charge in [-0.2, -0.15) is 5.26 Å². The Balaban J connectivity index is 1.61. The average Bonchev–Trinajstić information content (AvgIpc) is 2.60. The lowest BCUT2D eigenvalue weighted by Gasteiger charge is -2.49. The highest BCUT2D eigenvalue weighted by molar-refractivity contribution is 5.81. The lowest BCUT2D eigenvalue weighted by atomic mass is 9.88. The first-order chi connectivity index (χ1) is 12.0. The minimum atomic E-state index is -0.463. The van der Waals surface area contributed by atoms with Crippen molar-refractivity contribution >= 4 is 5.91 Å². The molecule has 0 aromatic heterocycles. The Morgan fingerprint density at radius 2 is 2.12 bits per heavy atom. The summed E-state index contributed by atoms with van der Waals surface area (Å²) in [7, 11) is 0. The average molecular weight is 345 g/mol. The maximum Gasteiger partial charge on any atom is 0.251 e. The molecule has 2 heterocycles. The zero-order chi connectivity index (χ0) is 18.0. The fraction of sp³-hybridized carbons (Fsp3) is 0.579. The third-order valence-corrected chi connectivity index (χ3v) is 5.27. The first kappa shape index (κ1) is 17.8. The molecule has 1 aromatic carbocycles. The van der Waals surface area contributed by atoms with E-state index in [1.54, 1.807) is 0 Å². The number of morpholine rings is 1. The van der Waals surface area contributed by atoms with E-state index in [-0.39, 0.29) is 23.2 Å². The predicted octanol–water partition coefficient (Wildman–Crippen LogP) is 2.30. The van der Waals surface area contributed by atoms with Crippen LogP contribution in [0.3, 0.4) is 0 Å². The second-order valence-corrected chi connectivity index (χ2v) is 7.00. The molecule has 2 saturated heterocycles. The summed E-state index contributed by atoms with van der Waals surface area (Å²) in [6.07, 6.45) is 1.34. The highest BCUT2D eigenvalue weighted by Crippen LogP contribution is 2.33. The minimum Gasteiger partial charge on any atom is -0.360 e. The summed E-state index contributed by atoms with van der Waals surface area (Å²) < 4.78 is 19.8. The SMILES string of the molecule is CCN1CC2(CCN(Cc3ccc(C#N)c(F)c3)CC2)OC(C)C1=O. The van der Waals surface area contributed by atoms with Gasteiger partial charge >= 0.3 is 0 Å². The largest absolute Gasteiger partial charge is 0.360 e. The first-order valence-electron chi connectivity index (χ1n) is 8.84. The third kappa shape index (κ3) is 3.68. The topological polar surface area (TPSA) is 56.6 Å².